The topological polar surface area (TPSA) is 81.7 Å². The molecule has 0 aliphatic heterocycles. The third-order valence-electron chi connectivity index (χ3n) is 4.22. The molecule has 1 atom stereocenters. The molecule has 1 aromatic rings. The maximum absolute atomic E-state index is 12.5. The summed E-state index contributed by atoms with van der Waals surface area (Å²) in [7, 11) is 3.93. The van der Waals surface area contributed by atoms with Gasteiger partial charge in [-0.1, -0.05) is 26.2 Å². The maximum Gasteiger partial charge on any atom is 0.251 e. The van der Waals surface area contributed by atoms with Crippen molar-refractivity contribution in [2.24, 2.45) is 0 Å². The van der Waals surface area contributed by atoms with Crippen molar-refractivity contribution in [2.75, 3.05) is 19.0 Å². The number of hydrogen-bond donors (Lipinski definition) is 3. The smallest absolute Gasteiger partial charge is 0.251 e. The van der Waals surface area contributed by atoms with E-state index in [9.17, 15) is 9.59 Å². The molecule has 0 aliphatic carbocycles. The lowest BCUT2D eigenvalue weighted by molar-refractivity contribution is -0.129. The van der Waals surface area contributed by atoms with Crippen LogP contribution in [0.4, 0.5) is 5.69 Å². The van der Waals surface area contributed by atoms with Gasteiger partial charge < -0.3 is 10.2 Å². The summed E-state index contributed by atoms with van der Waals surface area (Å²) < 4.78 is 0. The second-order valence-corrected chi connectivity index (χ2v) is 6.53. The Hall–Kier alpha value is -2.08. The summed E-state index contributed by atoms with van der Waals surface area (Å²) in [6.45, 7) is 2.13. The van der Waals surface area contributed by atoms with E-state index in [1.54, 1.807) is 5.48 Å². The number of nitrogens with one attached hydrogen (secondary N) is 2. The number of amides is 2. The molecule has 0 aromatic heterocycles. The van der Waals surface area contributed by atoms with E-state index in [0.29, 0.717) is 18.4 Å². The normalized spacial score (nSPS) is 11.7. The van der Waals surface area contributed by atoms with Gasteiger partial charge in [-0.3, -0.25) is 14.8 Å². The van der Waals surface area contributed by atoms with Crippen LogP contribution in [0.15, 0.2) is 24.3 Å². The van der Waals surface area contributed by atoms with E-state index in [2.05, 4.69) is 12.2 Å². The molecule has 0 saturated heterocycles. The van der Waals surface area contributed by atoms with Crippen LogP contribution >= 0.6 is 0 Å². The fourth-order valence-corrected chi connectivity index (χ4v) is 2.65. The summed E-state index contributed by atoms with van der Waals surface area (Å²) in [5.41, 5.74) is 3.36. The highest BCUT2D eigenvalue weighted by Gasteiger charge is 2.14. The van der Waals surface area contributed by atoms with Crippen LogP contribution in [0, 0.1) is 0 Å². The number of nitrogens with zero attached hydrogens (tertiary/aromatic N) is 1. The first kappa shape index (κ1) is 21.0. The Morgan fingerprint density at radius 1 is 1.08 bits per heavy atom. The quantitative estimate of drug-likeness (QED) is 0.326. The largest absolute Gasteiger partial charge is 0.378 e. The Morgan fingerprint density at radius 3 is 2.28 bits per heavy atom. The van der Waals surface area contributed by atoms with E-state index in [0.717, 1.165) is 37.8 Å². The molecule has 0 saturated carbocycles. The van der Waals surface area contributed by atoms with Crippen molar-refractivity contribution in [3.63, 3.8) is 0 Å². The molecule has 1 rings (SSSR count). The summed E-state index contributed by atoms with van der Waals surface area (Å²) in [4.78, 5) is 25.5. The molecule has 140 valence electrons. The molecule has 3 N–H and O–H groups in total. The van der Waals surface area contributed by atoms with Gasteiger partial charge in [0.2, 0.25) is 5.91 Å². The molecule has 6 heteroatoms. The summed E-state index contributed by atoms with van der Waals surface area (Å²) >= 11 is 0. The van der Waals surface area contributed by atoms with Crippen molar-refractivity contribution in [1.82, 2.24) is 10.8 Å². The first-order valence-electron chi connectivity index (χ1n) is 8.99. The van der Waals surface area contributed by atoms with Crippen LogP contribution in [0.3, 0.4) is 0 Å². The van der Waals surface area contributed by atoms with Crippen LogP contribution in [0.5, 0.6) is 0 Å². The van der Waals surface area contributed by atoms with Gasteiger partial charge in [-0.15, -0.1) is 0 Å². The minimum absolute atomic E-state index is 0.0560. The van der Waals surface area contributed by atoms with Gasteiger partial charge in [0.1, 0.15) is 0 Å². The molecule has 6 nitrogen and oxygen atoms in total. The lowest BCUT2D eigenvalue weighted by Crippen LogP contribution is -2.35. The number of carbonyl (C=O) groups excluding carboxylic acids is 2. The lowest BCUT2D eigenvalue weighted by Gasteiger charge is -2.19. The Kier molecular flexibility index (Phi) is 9.62. The van der Waals surface area contributed by atoms with E-state index in [-0.39, 0.29) is 17.9 Å². The lowest BCUT2D eigenvalue weighted by atomic mass is 10.0. The standard InChI is InChI=1S/C19H31N3O3/c1-4-5-8-16(9-6-7-10-18(23)21-25)20-19(24)15-11-13-17(14-12-15)22(2)3/h11-14,16,25H,4-10H2,1-3H3,(H,20,24)(H,21,23). The summed E-state index contributed by atoms with van der Waals surface area (Å²) in [6.07, 6.45) is 5.74. The average molecular weight is 349 g/mol. The fourth-order valence-electron chi connectivity index (χ4n) is 2.65. The number of rotatable bonds is 11. The molecule has 0 radical (unpaired) electrons. The molecule has 1 unspecified atom stereocenters. The van der Waals surface area contributed by atoms with E-state index < -0.39 is 0 Å². The van der Waals surface area contributed by atoms with Crippen LogP contribution in [-0.4, -0.2) is 37.2 Å². The van der Waals surface area contributed by atoms with Gasteiger partial charge in [0, 0.05) is 37.8 Å². The molecule has 0 spiro atoms. The van der Waals surface area contributed by atoms with Gasteiger partial charge in [-0.05, 0) is 43.5 Å². The summed E-state index contributed by atoms with van der Waals surface area (Å²) in [5, 5.41) is 11.6. The monoisotopic (exact) mass is 349 g/mol. The number of hydroxylamine groups is 1. The van der Waals surface area contributed by atoms with Crippen LogP contribution in [0.2, 0.25) is 0 Å². The van der Waals surface area contributed by atoms with Crippen molar-refractivity contribution in [1.29, 1.82) is 0 Å². The Morgan fingerprint density at radius 2 is 1.72 bits per heavy atom. The van der Waals surface area contributed by atoms with Crippen molar-refractivity contribution in [3.05, 3.63) is 29.8 Å². The van der Waals surface area contributed by atoms with Gasteiger partial charge in [-0.2, -0.15) is 0 Å². The van der Waals surface area contributed by atoms with E-state index in [1.165, 1.54) is 0 Å². The van der Waals surface area contributed by atoms with Gasteiger partial charge in [0.15, 0.2) is 0 Å². The highest BCUT2D eigenvalue weighted by molar-refractivity contribution is 5.94. The fraction of sp³-hybridized carbons (Fsp3) is 0.579. The minimum atomic E-state index is -0.366. The molecule has 1 aromatic carbocycles. The van der Waals surface area contributed by atoms with Crippen LogP contribution in [0.1, 0.15) is 62.2 Å². The summed E-state index contributed by atoms with van der Waals surface area (Å²) in [6, 6.07) is 7.66. The average Bonchev–Trinajstić information content (AvgIpc) is 2.62. The first-order chi connectivity index (χ1) is 12.0. The van der Waals surface area contributed by atoms with Crippen LogP contribution < -0.4 is 15.7 Å². The van der Waals surface area contributed by atoms with Gasteiger partial charge in [0.05, 0.1) is 0 Å². The highest BCUT2D eigenvalue weighted by atomic mass is 16.5. The second kappa shape index (κ2) is 11.5. The van der Waals surface area contributed by atoms with Gasteiger partial charge >= 0.3 is 0 Å². The Labute approximate surface area is 150 Å². The zero-order valence-electron chi connectivity index (χ0n) is 15.5. The van der Waals surface area contributed by atoms with Crippen LogP contribution in [0.25, 0.3) is 0 Å². The SMILES string of the molecule is CCCCC(CCCCC(=O)NO)NC(=O)c1ccc(N(C)C)cc1. The zero-order chi connectivity index (χ0) is 18.7. The predicted molar refractivity (Wildman–Crippen MR) is 99.9 cm³/mol. The molecule has 0 fully saturated rings. The third kappa shape index (κ3) is 8.03. The molecule has 0 heterocycles. The molecular formula is C19H31N3O3. The van der Waals surface area contributed by atoms with Crippen molar-refractivity contribution < 1.29 is 14.8 Å². The van der Waals surface area contributed by atoms with E-state index in [4.69, 9.17) is 5.21 Å². The van der Waals surface area contributed by atoms with Crippen molar-refractivity contribution in [3.8, 4) is 0 Å². The molecule has 2 amide bonds. The number of unbranched alkanes of at least 4 members (excludes halogenated alkanes) is 2. The number of hydrogen-bond acceptors (Lipinski definition) is 4. The summed E-state index contributed by atoms with van der Waals surface area (Å²) in [5.74, 6) is -0.422. The van der Waals surface area contributed by atoms with Crippen molar-refractivity contribution in [2.45, 2.75) is 57.9 Å². The Balaban J connectivity index is 2.54. The molecule has 0 bridgehead atoms. The first-order valence-corrected chi connectivity index (χ1v) is 8.99. The number of carbonyl (C=O) groups is 2. The highest BCUT2D eigenvalue weighted by Crippen LogP contribution is 2.14. The third-order valence-corrected chi connectivity index (χ3v) is 4.22. The maximum atomic E-state index is 12.5. The van der Waals surface area contributed by atoms with E-state index in [1.807, 2.05) is 43.3 Å². The van der Waals surface area contributed by atoms with E-state index >= 15 is 0 Å². The van der Waals surface area contributed by atoms with Crippen molar-refractivity contribution >= 4 is 17.5 Å². The number of benzene rings is 1. The molecule has 0 aliphatic rings. The minimum Gasteiger partial charge on any atom is -0.378 e. The second-order valence-electron chi connectivity index (χ2n) is 6.53. The van der Waals surface area contributed by atoms with Gasteiger partial charge in [-0.25, -0.2) is 5.48 Å². The zero-order valence-corrected chi connectivity index (χ0v) is 15.5. The van der Waals surface area contributed by atoms with Gasteiger partial charge in [0.25, 0.3) is 5.91 Å². The molecular weight excluding hydrogens is 318 g/mol. The molecule has 25 heavy (non-hydrogen) atoms. The number of anilines is 1. The Bertz CT molecular complexity index is 529. The van der Waals surface area contributed by atoms with Crippen LogP contribution in [-0.2, 0) is 4.79 Å². The predicted octanol–water partition coefficient (Wildman–Crippen LogP) is 3.11.